The van der Waals surface area contributed by atoms with Crippen molar-refractivity contribution >= 4 is 52.2 Å². The van der Waals surface area contributed by atoms with Gasteiger partial charge in [-0.25, -0.2) is 28.7 Å². The fourth-order valence-corrected chi connectivity index (χ4v) is 5.23. The number of aromatic nitrogens is 2. The summed E-state index contributed by atoms with van der Waals surface area (Å²) in [5, 5.41) is 17.9. The summed E-state index contributed by atoms with van der Waals surface area (Å²) in [6.45, 7) is 6.78. The van der Waals surface area contributed by atoms with Crippen LogP contribution in [-0.2, 0) is 14.3 Å². The van der Waals surface area contributed by atoms with Crippen molar-refractivity contribution in [1.29, 1.82) is 0 Å². The lowest BCUT2D eigenvalue weighted by Crippen LogP contribution is -2.42. The van der Waals surface area contributed by atoms with E-state index in [2.05, 4.69) is 25.9 Å². The average Bonchev–Trinajstić information content (AvgIpc) is 2.94. The summed E-state index contributed by atoms with van der Waals surface area (Å²) in [6, 6.07) is 2.95. The predicted molar refractivity (Wildman–Crippen MR) is 161 cm³/mol. The molecule has 1 fully saturated rings. The molecule has 3 heterocycles. The van der Waals surface area contributed by atoms with Crippen LogP contribution in [0.2, 0.25) is 0 Å². The van der Waals surface area contributed by atoms with Crippen molar-refractivity contribution in [3.63, 3.8) is 0 Å². The number of pyridine rings is 2. The quantitative estimate of drug-likeness (QED) is 0.300. The monoisotopic (exact) mass is 624 g/mol. The summed E-state index contributed by atoms with van der Waals surface area (Å²) in [5.74, 6) is -0.986. The number of carbonyl (C=O) groups excluding carboxylic acids is 3. The van der Waals surface area contributed by atoms with Crippen molar-refractivity contribution in [3.8, 4) is 17.0 Å². The number of carbonyl (C=O) groups is 4. The van der Waals surface area contributed by atoms with E-state index in [4.69, 9.17) is 14.2 Å². The lowest BCUT2D eigenvalue weighted by atomic mass is 9.81. The standard InChI is InChI=1S/C30H33FN6O8/c1-14-19(12-34-26-24(14)37(29(41)42)6-7-43-26)18-10-15-11-21(35-27(39)44-17-8-16(9-17)25(38)32-5)33-13-20(15)23(22(18)31)36-28(40)45-30(2,3)4/h10-13,16-17H,6-9H2,1-5H3,(H,32,38)(H,36,40)(H,41,42)(H,33,35,39). The van der Waals surface area contributed by atoms with Crippen LogP contribution in [0.1, 0.15) is 39.2 Å². The first kappa shape index (κ1) is 31.2. The molecule has 1 aromatic carbocycles. The summed E-state index contributed by atoms with van der Waals surface area (Å²) in [6.07, 6.45) is 0.126. The van der Waals surface area contributed by atoms with Crippen LogP contribution in [0.4, 0.5) is 36.0 Å². The van der Waals surface area contributed by atoms with Gasteiger partial charge in [-0.15, -0.1) is 0 Å². The molecule has 0 spiro atoms. The van der Waals surface area contributed by atoms with Gasteiger partial charge in [-0.05, 0) is 63.6 Å². The van der Waals surface area contributed by atoms with Gasteiger partial charge < -0.3 is 24.6 Å². The van der Waals surface area contributed by atoms with Crippen molar-refractivity contribution in [3.05, 3.63) is 35.9 Å². The summed E-state index contributed by atoms with van der Waals surface area (Å²) in [7, 11) is 1.54. The number of nitrogens with one attached hydrogen (secondary N) is 3. The number of fused-ring (bicyclic) bond motifs is 2. The van der Waals surface area contributed by atoms with Crippen LogP contribution in [0.5, 0.6) is 5.88 Å². The first-order chi connectivity index (χ1) is 21.3. The maximum atomic E-state index is 16.4. The second-order valence-electron chi connectivity index (χ2n) is 11.7. The van der Waals surface area contributed by atoms with Crippen LogP contribution in [0.25, 0.3) is 21.9 Å². The molecule has 1 saturated carbocycles. The van der Waals surface area contributed by atoms with Crippen LogP contribution < -0.4 is 25.6 Å². The minimum absolute atomic E-state index is 0.00768. The minimum atomic E-state index is -1.22. The van der Waals surface area contributed by atoms with E-state index in [1.54, 1.807) is 34.7 Å². The number of benzene rings is 1. The summed E-state index contributed by atoms with van der Waals surface area (Å²) < 4.78 is 32.6. The number of anilines is 3. The predicted octanol–water partition coefficient (Wildman–Crippen LogP) is 5.04. The molecule has 1 aliphatic heterocycles. The van der Waals surface area contributed by atoms with E-state index in [-0.39, 0.29) is 64.6 Å². The van der Waals surface area contributed by atoms with Crippen LogP contribution in [0.3, 0.4) is 0 Å². The van der Waals surface area contributed by atoms with E-state index in [9.17, 15) is 24.3 Å². The van der Waals surface area contributed by atoms with E-state index < -0.39 is 35.8 Å². The highest BCUT2D eigenvalue weighted by Gasteiger charge is 2.37. The number of halogens is 1. The fraction of sp³-hybridized carbons (Fsp3) is 0.400. The van der Waals surface area contributed by atoms with Gasteiger partial charge in [-0.2, -0.15) is 0 Å². The van der Waals surface area contributed by atoms with Gasteiger partial charge in [0.1, 0.15) is 29.8 Å². The third kappa shape index (κ3) is 6.51. The lowest BCUT2D eigenvalue weighted by molar-refractivity contribution is -0.130. The molecule has 2 aromatic heterocycles. The molecular weight excluding hydrogens is 591 g/mol. The normalized spacial score (nSPS) is 17.3. The topological polar surface area (TPSA) is 181 Å². The summed E-state index contributed by atoms with van der Waals surface area (Å²) in [4.78, 5) is 58.6. The number of nitrogens with zero attached hydrogens (tertiary/aromatic N) is 3. The number of carboxylic acid groups (broad SMARTS) is 1. The van der Waals surface area contributed by atoms with E-state index in [1.165, 1.54) is 24.5 Å². The third-order valence-electron chi connectivity index (χ3n) is 7.42. The van der Waals surface area contributed by atoms with E-state index in [0.717, 1.165) is 4.90 Å². The van der Waals surface area contributed by atoms with Gasteiger partial charge in [-0.3, -0.25) is 20.3 Å². The number of amides is 4. The fourth-order valence-electron chi connectivity index (χ4n) is 5.23. The molecular formula is C30H33FN6O8. The molecule has 0 saturated heterocycles. The molecule has 3 aromatic rings. The Morgan fingerprint density at radius 1 is 1.07 bits per heavy atom. The number of hydrogen-bond acceptors (Lipinski definition) is 9. The van der Waals surface area contributed by atoms with E-state index >= 15 is 4.39 Å². The molecule has 15 heteroatoms. The molecule has 4 amide bonds. The number of hydrogen-bond donors (Lipinski definition) is 4. The zero-order valence-corrected chi connectivity index (χ0v) is 25.3. The molecule has 0 unspecified atom stereocenters. The lowest BCUT2D eigenvalue weighted by Gasteiger charge is -2.33. The highest BCUT2D eigenvalue weighted by Crippen LogP contribution is 2.42. The molecule has 0 atom stereocenters. The van der Waals surface area contributed by atoms with Crippen LogP contribution >= 0.6 is 0 Å². The Morgan fingerprint density at radius 2 is 1.80 bits per heavy atom. The Morgan fingerprint density at radius 3 is 2.47 bits per heavy atom. The number of ether oxygens (including phenoxy) is 3. The van der Waals surface area contributed by atoms with E-state index in [0.29, 0.717) is 23.8 Å². The zero-order chi connectivity index (χ0) is 32.6. The van der Waals surface area contributed by atoms with Gasteiger partial charge in [0.2, 0.25) is 11.8 Å². The van der Waals surface area contributed by atoms with Gasteiger partial charge >= 0.3 is 18.3 Å². The van der Waals surface area contributed by atoms with Crippen molar-refractivity contribution in [2.24, 2.45) is 5.92 Å². The molecule has 238 valence electrons. The van der Waals surface area contributed by atoms with Crippen molar-refractivity contribution in [1.82, 2.24) is 15.3 Å². The van der Waals surface area contributed by atoms with Crippen molar-refractivity contribution in [2.75, 3.05) is 35.7 Å². The Bertz CT molecular complexity index is 1700. The summed E-state index contributed by atoms with van der Waals surface area (Å²) >= 11 is 0. The maximum Gasteiger partial charge on any atom is 0.413 e. The average molecular weight is 625 g/mol. The van der Waals surface area contributed by atoms with Gasteiger partial charge in [0.15, 0.2) is 5.82 Å². The molecule has 1 aliphatic carbocycles. The van der Waals surface area contributed by atoms with Gasteiger partial charge in [0.05, 0.1) is 12.2 Å². The Balaban J connectivity index is 1.53. The highest BCUT2D eigenvalue weighted by molar-refractivity contribution is 6.05. The van der Waals surface area contributed by atoms with E-state index in [1.807, 2.05) is 0 Å². The highest BCUT2D eigenvalue weighted by atomic mass is 19.1. The second kappa shape index (κ2) is 12.1. The van der Waals surface area contributed by atoms with Crippen LogP contribution in [0, 0.1) is 18.7 Å². The Hall–Kier alpha value is -5.21. The molecule has 5 rings (SSSR count). The summed E-state index contributed by atoms with van der Waals surface area (Å²) in [5.41, 5.74) is -0.303. The molecule has 0 bridgehead atoms. The molecule has 0 radical (unpaired) electrons. The maximum absolute atomic E-state index is 16.4. The molecule has 2 aliphatic rings. The third-order valence-corrected chi connectivity index (χ3v) is 7.42. The molecule has 14 nitrogen and oxygen atoms in total. The number of rotatable bonds is 5. The smallest absolute Gasteiger partial charge is 0.413 e. The van der Waals surface area contributed by atoms with Crippen molar-refractivity contribution < 1.29 is 42.9 Å². The first-order valence-electron chi connectivity index (χ1n) is 14.2. The first-order valence-corrected chi connectivity index (χ1v) is 14.2. The second-order valence-corrected chi connectivity index (χ2v) is 11.7. The SMILES string of the molecule is CNC(=O)C1CC(OC(=O)Nc2cc3cc(-c4cnc5c(c4C)N(C(=O)O)CCO5)c(F)c(NC(=O)OC(C)(C)C)c3cn2)C1. The molecule has 45 heavy (non-hydrogen) atoms. The largest absolute Gasteiger partial charge is 0.474 e. The van der Waals surface area contributed by atoms with Crippen LogP contribution in [-0.4, -0.2) is 71.2 Å². The minimum Gasteiger partial charge on any atom is -0.474 e. The van der Waals surface area contributed by atoms with Crippen LogP contribution in [0.15, 0.2) is 24.5 Å². The Kier molecular flexibility index (Phi) is 8.36. The van der Waals surface area contributed by atoms with Crippen molar-refractivity contribution in [2.45, 2.75) is 52.2 Å². The van der Waals surface area contributed by atoms with Gasteiger partial charge in [0.25, 0.3) is 0 Å². The van der Waals surface area contributed by atoms with Gasteiger partial charge in [0, 0.05) is 41.9 Å². The zero-order valence-electron chi connectivity index (χ0n) is 25.3. The Labute approximate surface area is 257 Å². The van der Waals surface area contributed by atoms with Gasteiger partial charge in [-0.1, -0.05) is 0 Å². The molecule has 4 N–H and O–H groups in total.